The number of cyclic esters (lactones) is 1. The fourth-order valence-corrected chi connectivity index (χ4v) is 2.98. The molecule has 1 heterocycles. The maximum atomic E-state index is 10.6. The van der Waals surface area contributed by atoms with Gasteiger partial charge in [-0.15, -0.1) is 0 Å². The van der Waals surface area contributed by atoms with Gasteiger partial charge in [0, 0.05) is 0 Å². The van der Waals surface area contributed by atoms with Crippen molar-refractivity contribution in [2.45, 2.75) is 116 Å². The van der Waals surface area contributed by atoms with E-state index in [1.165, 1.54) is 89.9 Å². The summed E-state index contributed by atoms with van der Waals surface area (Å²) in [6.45, 7) is 2.28. The second-order valence-electron chi connectivity index (χ2n) is 6.66. The summed E-state index contributed by atoms with van der Waals surface area (Å²) >= 11 is 0. The predicted molar refractivity (Wildman–Crippen MR) is 89.4 cm³/mol. The van der Waals surface area contributed by atoms with E-state index in [0.717, 1.165) is 12.8 Å². The lowest BCUT2D eigenvalue weighted by Gasteiger charge is -2.03. The summed E-state index contributed by atoms with van der Waals surface area (Å²) in [6.07, 6.45) is 21.8. The summed E-state index contributed by atoms with van der Waals surface area (Å²) in [5.41, 5.74) is 0. The quantitative estimate of drug-likeness (QED) is 0.252. The van der Waals surface area contributed by atoms with Crippen LogP contribution >= 0.6 is 0 Å². The molecule has 1 fully saturated rings. The molecule has 0 aliphatic carbocycles. The van der Waals surface area contributed by atoms with Crippen molar-refractivity contribution in [3.63, 3.8) is 0 Å². The van der Waals surface area contributed by atoms with Gasteiger partial charge in [-0.3, -0.25) is 0 Å². The molecule has 0 saturated carbocycles. The first kappa shape index (κ1) is 18.5. The first-order valence-corrected chi connectivity index (χ1v) is 9.55. The van der Waals surface area contributed by atoms with E-state index in [1.807, 2.05) is 0 Å². The Hall–Kier alpha value is -0.530. The first-order valence-electron chi connectivity index (χ1n) is 9.55. The van der Waals surface area contributed by atoms with E-state index in [2.05, 4.69) is 6.92 Å². The minimum absolute atomic E-state index is 0.0142. The van der Waals surface area contributed by atoms with E-state index >= 15 is 0 Å². The fourth-order valence-electron chi connectivity index (χ4n) is 2.98. The van der Waals surface area contributed by atoms with Crippen molar-refractivity contribution < 1.29 is 9.53 Å². The molecule has 1 rings (SSSR count). The van der Waals surface area contributed by atoms with Gasteiger partial charge in [-0.05, 0) is 12.8 Å². The summed E-state index contributed by atoms with van der Waals surface area (Å²) in [7, 11) is 0. The number of hydrogen-bond donors (Lipinski definition) is 0. The van der Waals surface area contributed by atoms with Crippen LogP contribution in [-0.4, -0.2) is 12.1 Å². The largest absolute Gasteiger partial charge is 0.448 e. The average molecular weight is 296 g/mol. The predicted octanol–water partition coefficient (Wildman–Crippen LogP) is 6.17. The Morgan fingerprint density at radius 2 is 1.00 bits per heavy atom. The van der Waals surface area contributed by atoms with Gasteiger partial charge < -0.3 is 4.74 Å². The molecule has 1 aliphatic rings. The molecule has 0 spiro atoms. The number of carbonyl (C=O) groups is 1. The van der Waals surface area contributed by atoms with Gasteiger partial charge in [0.2, 0.25) is 0 Å². The zero-order valence-corrected chi connectivity index (χ0v) is 14.2. The van der Waals surface area contributed by atoms with Crippen LogP contribution in [0.2, 0.25) is 0 Å². The standard InChI is InChI=1S/C19H36O2/c1-2-3-4-5-6-7-8-9-10-11-12-13-14-15-16-17-18-19(20)21-18/h18H,2-17H2,1H3. The Kier molecular flexibility index (Phi) is 11.6. The maximum absolute atomic E-state index is 10.6. The Morgan fingerprint density at radius 1 is 0.667 bits per heavy atom. The number of carbonyl (C=O) groups excluding carboxylic acids is 1. The van der Waals surface area contributed by atoms with Gasteiger partial charge in [0.1, 0.15) is 0 Å². The van der Waals surface area contributed by atoms with Crippen molar-refractivity contribution in [1.82, 2.24) is 0 Å². The third-order valence-corrected chi connectivity index (χ3v) is 4.53. The van der Waals surface area contributed by atoms with Gasteiger partial charge in [0.05, 0.1) is 0 Å². The number of ether oxygens (including phenoxy) is 1. The molecule has 0 bridgehead atoms. The lowest BCUT2D eigenvalue weighted by atomic mass is 10.0. The lowest BCUT2D eigenvalue weighted by Crippen LogP contribution is -1.88. The maximum Gasteiger partial charge on any atom is 0.348 e. The molecule has 0 aromatic heterocycles. The molecule has 124 valence electrons. The highest BCUT2D eigenvalue weighted by Gasteiger charge is 2.36. The van der Waals surface area contributed by atoms with Gasteiger partial charge >= 0.3 is 5.97 Å². The van der Waals surface area contributed by atoms with Crippen LogP contribution in [0.3, 0.4) is 0 Å². The molecule has 0 amide bonds. The Balaban J connectivity index is 1.62. The topological polar surface area (TPSA) is 29.6 Å². The zero-order chi connectivity index (χ0) is 15.2. The summed E-state index contributed by atoms with van der Waals surface area (Å²) in [4.78, 5) is 10.6. The molecule has 1 saturated heterocycles. The minimum Gasteiger partial charge on any atom is -0.448 e. The summed E-state index contributed by atoms with van der Waals surface area (Å²) in [6, 6.07) is 0. The van der Waals surface area contributed by atoms with E-state index in [0.29, 0.717) is 0 Å². The van der Waals surface area contributed by atoms with E-state index < -0.39 is 0 Å². The van der Waals surface area contributed by atoms with E-state index in [4.69, 9.17) is 4.74 Å². The molecule has 1 atom stereocenters. The fraction of sp³-hybridized carbons (Fsp3) is 0.947. The molecule has 21 heavy (non-hydrogen) atoms. The van der Waals surface area contributed by atoms with Crippen molar-refractivity contribution in [1.29, 1.82) is 0 Å². The normalized spacial score (nSPS) is 17.0. The molecule has 2 heteroatoms. The third kappa shape index (κ3) is 11.8. The van der Waals surface area contributed by atoms with Gasteiger partial charge in [0.25, 0.3) is 0 Å². The van der Waals surface area contributed by atoms with Crippen molar-refractivity contribution in [2.24, 2.45) is 0 Å². The van der Waals surface area contributed by atoms with Gasteiger partial charge in [-0.25, -0.2) is 4.79 Å². The number of unbranched alkanes of at least 4 members (excludes halogenated alkanes) is 14. The van der Waals surface area contributed by atoms with E-state index in [1.54, 1.807) is 0 Å². The summed E-state index contributed by atoms with van der Waals surface area (Å²) in [5.74, 6) is 0.0142. The highest BCUT2D eigenvalue weighted by molar-refractivity contribution is 5.87. The minimum atomic E-state index is -0.0213. The Morgan fingerprint density at radius 3 is 1.33 bits per heavy atom. The number of epoxide rings is 1. The van der Waals surface area contributed by atoms with Crippen LogP contribution in [0.15, 0.2) is 0 Å². The average Bonchev–Trinajstić information content (AvgIpc) is 3.19. The summed E-state index contributed by atoms with van der Waals surface area (Å²) < 4.78 is 4.80. The molecular formula is C19H36O2. The smallest absolute Gasteiger partial charge is 0.348 e. The van der Waals surface area contributed by atoms with Crippen molar-refractivity contribution in [3.8, 4) is 0 Å². The van der Waals surface area contributed by atoms with Crippen molar-refractivity contribution in [2.75, 3.05) is 0 Å². The Bertz CT molecular complexity index is 250. The molecule has 0 N–H and O–H groups in total. The molecule has 0 radical (unpaired) electrons. The summed E-state index contributed by atoms with van der Waals surface area (Å²) in [5, 5.41) is 0. The van der Waals surface area contributed by atoms with Crippen LogP contribution in [0.1, 0.15) is 110 Å². The Labute approximate surface area is 132 Å². The van der Waals surface area contributed by atoms with Crippen molar-refractivity contribution >= 4 is 5.97 Å². The molecule has 1 unspecified atom stereocenters. The van der Waals surface area contributed by atoms with Crippen LogP contribution < -0.4 is 0 Å². The molecule has 1 aliphatic heterocycles. The second-order valence-corrected chi connectivity index (χ2v) is 6.66. The highest BCUT2D eigenvalue weighted by Crippen LogP contribution is 2.20. The third-order valence-electron chi connectivity index (χ3n) is 4.53. The lowest BCUT2D eigenvalue weighted by molar-refractivity contribution is -0.117. The highest BCUT2D eigenvalue weighted by atomic mass is 16.6. The van der Waals surface area contributed by atoms with Crippen LogP contribution in [-0.2, 0) is 9.53 Å². The van der Waals surface area contributed by atoms with Crippen LogP contribution in [0, 0.1) is 0 Å². The van der Waals surface area contributed by atoms with E-state index in [9.17, 15) is 4.79 Å². The van der Waals surface area contributed by atoms with Crippen LogP contribution in [0.25, 0.3) is 0 Å². The van der Waals surface area contributed by atoms with Gasteiger partial charge in [0.15, 0.2) is 6.10 Å². The molecule has 2 nitrogen and oxygen atoms in total. The molecule has 0 aromatic rings. The second kappa shape index (κ2) is 13.2. The molecular weight excluding hydrogens is 260 g/mol. The monoisotopic (exact) mass is 296 g/mol. The zero-order valence-electron chi connectivity index (χ0n) is 14.2. The van der Waals surface area contributed by atoms with Crippen LogP contribution in [0.4, 0.5) is 0 Å². The first-order chi connectivity index (χ1) is 10.3. The van der Waals surface area contributed by atoms with Crippen LogP contribution in [0.5, 0.6) is 0 Å². The van der Waals surface area contributed by atoms with Gasteiger partial charge in [-0.1, -0.05) is 96.8 Å². The SMILES string of the molecule is CCCCCCCCCCCCCCCCCC1OC1=O. The number of rotatable bonds is 16. The van der Waals surface area contributed by atoms with E-state index in [-0.39, 0.29) is 12.1 Å². The van der Waals surface area contributed by atoms with Crippen molar-refractivity contribution in [3.05, 3.63) is 0 Å². The number of hydrogen-bond acceptors (Lipinski definition) is 2. The van der Waals surface area contributed by atoms with Gasteiger partial charge in [-0.2, -0.15) is 0 Å². The molecule has 0 aromatic carbocycles.